The van der Waals surface area contributed by atoms with Crippen LogP contribution in [0.5, 0.6) is 0 Å². The summed E-state index contributed by atoms with van der Waals surface area (Å²) in [7, 11) is 0. The molecule has 196 valence electrons. The summed E-state index contributed by atoms with van der Waals surface area (Å²) in [5, 5.41) is 5.90. The quantitative estimate of drug-likeness (QED) is 0.562. The Morgan fingerprint density at radius 1 is 0.838 bits per heavy atom. The highest BCUT2D eigenvalue weighted by Gasteiger charge is 2.31. The Morgan fingerprint density at radius 2 is 1.46 bits per heavy atom. The number of anilines is 1. The van der Waals surface area contributed by atoms with Crippen molar-refractivity contribution in [3.05, 3.63) is 47.7 Å². The van der Waals surface area contributed by atoms with Crippen molar-refractivity contribution in [3.63, 3.8) is 0 Å². The van der Waals surface area contributed by atoms with Crippen molar-refractivity contribution in [2.45, 2.75) is 51.4 Å². The molecule has 37 heavy (non-hydrogen) atoms. The van der Waals surface area contributed by atoms with Crippen LogP contribution in [0, 0.1) is 5.92 Å². The van der Waals surface area contributed by atoms with Gasteiger partial charge in [-0.05, 0) is 88.3 Å². The molecule has 1 aromatic carbocycles. The van der Waals surface area contributed by atoms with Gasteiger partial charge in [-0.25, -0.2) is 0 Å². The Kier molecular flexibility index (Phi) is 8.26. The molecule has 2 N–H and O–H groups in total. The fourth-order valence-electron chi connectivity index (χ4n) is 5.55. The molecular formula is C29H37N5O3. The first kappa shape index (κ1) is 25.5. The first-order valence-electron chi connectivity index (χ1n) is 13.8. The number of carbonyl (C=O) groups is 3. The van der Waals surface area contributed by atoms with Gasteiger partial charge in [-0.15, -0.1) is 0 Å². The van der Waals surface area contributed by atoms with E-state index in [-0.39, 0.29) is 17.6 Å². The van der Waals surface area contributed by atoms with Crippen LogP contribution in [-0.2, 0) is 9.59 Å². The van der Waals surface area contributed by atoms with E-state index in [1.165, 1.54) is 38.5 Å². The lowest BCUT2D eigenvalue weighted by Gasteiger charge is -2.26. The van der Waals surface area contributed by atoms with E-state index in [9.17, 15) is 14.4 Å². The molecule has 2 fully saturated rings. The Labute approximate surface area is 218 Å². The van der Waals surface area contributed by atoms with Crippen molar-refractivity contribution in [2.75, 3.05) is 44.6 Å². The zero-order chi connectivity index (χ0) is 25.6. The fourth-order valence-corrected chi connectivity index (χ4v) is 5.55. The number of benzene rings is 1. The van der Waals surface area contributed by atoms with Crippen LogP contribution in [-0.4, -0.2) is 72.4 Å². The van der Waals surface area contributed by atoms with Crippen LogP contribution < -0.4 is 10.6 Å². The molecule has 0 bridgehead atoms. The van der Waals surface area contributed by atoms with Crippen LogP contribution in [0.3, 0.4) is 0 Å². The highest BCUT2D eigenvalue weighted by atomic mass is 16.2. The molecule has 0 saturated carbocycles. The van der Waals surface area contributed by atoms with Crippen molar-refractivity contribution in [2.24, 2.45) is 10.9 Å². The molecule has 1 atom stereocenters. The first-order valence-corrected chi connectivity index (χ1v) is 13.8. The standard InChI is InChI=1S/C29H37N5O3/c35-27(11-17-33-13-3-1-4-14-33)30-21-7-9-25-23(19-21)29(37)24-20-22(8-10-26(24)32-25)31-28(36)12-18-34-15-5-2-6-16-34/h7-10,19-20,23H,1-6,11-18H2,(H,30,35)(H,31,36). The summed E-state index contributed by atoms with van der Waals surface area (Å²) in [4.78, 5) is 47.8. The van der Waals surface area contributed by atoms with Gasteiger partial charge in [0.25, 0.3) is 0 Å². The molecule has 3 heterocycles. The number of allylic oxidation sites excluding steroid dienone is 3. The van der Waals surface area contributed by atoms with Gasteiger partial charge >= 0.3 is 0 Å². The minimum absolute atomic E-state index is 0.0416. The van der Waals surface area contributed by atoms with Crippen LogP contribution in [0.4, 0.5) is 11.4 Å². The number of aliphatic imine (C=N–C) groups is 1. The van der Waals surface area contributed by atoms with E-state index >= 15 is 0 Å². The number of hydrogen-bond donors (Lipinski definition) is 2. The zero-order valence-electron chi connectivity index (χ0n) is 21.5. The molecule has 2 amide bonds. The highest BCUT2D eigenvalue weighted by Crippen LogP contribution is 2.33. The lowest BCUT2D eigenvalue weighted by atomic mass is 9.85. The molecule has 2 saturated heterocycles. The number of nitrogens with one attached hydrogen (secondary N) is 2. The average Bonchev–Trinajstić information content (AvgIpc) is 2.93. The summed E-state index contributed by atoms with van der Waals surface area (Å²) in [5.74, 6) is -0.707. The van der Waals surface area contributed by atoms with E-state index < -0.39 is 5.92 Å². The van der Waals surface area contributed by atoms with Gasteiger partial charge in [0.05, 0.1) is 17.3 Å². The van der Waals surface area contributed by atoms with Crippen LogP contribution in [0.1, 0.15) is 61.7 Å². The summed E-state index contributed by atoms with van der Waals surface area (Å²) in [6, 6.07) is 5.30. The van der Waals surface area contributed by atoms with Gasteiger partial charge in [0, 0.05) is 42.9 Å². The van der Waals surface area contributed by atoms with Crippen LogP contribution in [0.25, 0.3) is 0 Å². The van der Waals surface area contributed by atoms with E-state index in [0.29, 0.717) is 41.2 Å². The van der Waals surface area contributed by atoms with Crippen molar-refractivity contribution in [1.82, 2.24) is 15.1 Å². The number of nitrogens with zero attached hydrogens (tertiary/aromatic N) is 3. The smallest absolute Gasteiger partial charge is 0.225 e. The predicted octanol–water partition coefficient (Wildman–Crippen LogP) is 3.83. The monoisotopic (exact) mass is 503 g/mol. The molecule has 1 aliphatic carbocycles. The van der Waals surface area contributed by atoms with Crippen molar-refractivity contribution in [1.29, 1.82) is 0 Å². The number of Topliss-reactive ketones (excluding diaryl/α,β-unsaturated/α-hetero) is 1. The fraction of sp³-hybridized carbons (Fsp3) is 0.517. The summed E-state index contributed by atoms with van der Waals surface area (Å²) in [6.45, 7) is 5.77. The maximum atomic E-state index is 13.4. The number of carbonyl (C=O) groups excluding carboxylic acids is 3. The van der Waals surface area contributed by atoms with Gasteiger partial charge in [0.15, 0.2) is 5.78 Å². The van der Waals surface area contributed by atoms with Crippen LogP contribution in [0.2, 0.25) is 0 Å². The summed E-state index contributed by atoms with van der Waals surface area (Å²) < 4.78 is 0. The number of fused-ring (bicyclic) bond motifs is 2. The Bertz CT molecular complexity index is 1130. The van der Waals surface area contributed by atoms with E-state index in [1.807, 2.05) is 12.2 Å². The first-order chi connectivity index (χ1) is 18.0. The normalized spacial score (nSPS) is 21.9. The highest BCUT2D eigenvalue weighted by molar-refractivity contribution is 6.23. The SMILES string of the molecule is O=C(CCN1CCCCC1)NC1=CC2C(=O)c3cc(NC(=O)CCN4CCCCC4)ccc3N=C2C=C1. The molecule has 1 aromatic rings. The lowest BCUT2D eigenvalue weighted by Crippen LogP contribution is -2.35. The van der Waals surface area contributed by atoms with Gasteiger partial charge in [-0.3, -0.25) is 19.4 Å². The van der Waals surface area contributed by atoms with E-state index in [2.05, 4.69) is 25.4 Å². The third-order valence-electron chi connectivity index (χ3n) is 7.67. The Hall–Kier alpha value is -3.10. The maximum Gasteiger partial charge on any atom is 0.225 e. The lowest BCUT2D eigenvalue weighted by molar-refractivity contribution is -0.120. The molecule has 8 nitrogen and oxygen atoms in total. The largest absolute Gasteiger partial charge is 0.326 e. The second kappa shape index (κ2) is 12.0. The second-order valence-corrected chi connectivity index (χ2v) is 10.5. The number of ketones is 1. The molecule has 0 aromatic heterocycles. The van der Waals surface area contributed by atoms with Crippen molar-refractivity contribution in [3.8, 4) is 0 Å². The van der Waals surface area contributed by atoms with Crippen molar-refractivity contribution >= 4 is 34.7 Å². The third-order valence-corrected chi connectivity index (χ3v) is 7.67. The number of piperidine rings is 2. The topological polar surface area (TPSA) is 94.1 Å². The van der Waals surface area contributed by atoms with Crippen LogP contribution in [0.15, 0.2) is 47.1 Å². The van der Waals surface area contributed by atoms with Gasteiger partial charge in [0.1, 0.15) is 0 Å². The molecule has 0 spiro atoms. The zero-order valence-corrected chi connectivity index (χ0v) is 21.5. The molecule has 1 unspecified atom stereocenters. The number of hydrogen-bond acceptors (Lipinski definition) is 6. The number of likely N-dealkylation sites (tertiary alicyclic amines) is 2. The van der Waals surface area contributed by atoms with E-state index in [4.69, 9.17) is 0 Å². The second-order valence-electron chi connectivity index (χ2n) is 10.5. The van der Waals surface area contributed by atoms with E-state index in [0.717, 1.165) is 39.3 Å². The minimum atomic E-state index is -0.542. The number of amides is 2. The van der Waals surface area contributed by atoms with Gasteiger partial charge in [-0.2, -0.15) is 0 Å². The van der Waals surface area contributed by atoms with Crippen molar-refractivity contribution < 1.29 is 14.4 Å². The molecule has 0 radical (unpaired) electrons. The summed E-state index contributed by atoms with van der Waals surface area (Å²) in [5.41, 5.74) is 3.00. The van der Waals surface area contributed by atoms with Gasteiger partial charge in [0.2, 0.25) is 11.8 Å². The summed E-state index contributed by atoms with van der Waals surface area (Å²) >= 11 is 0. The van der Waals surface area contributed by atoms with Gasteiger partial charge in [-0.1, -0.05) is 12.8 Å². The molecule has 5 rings (SSSR count). The Balaban J connectivity index is 1.18. The molecular weight excluding hydrogens is 466 g/mol. The predicted molar refractivity (Wildman–Crippen MR) is 145 cm³/mol. The maximum absolute atomic E-state index is 13.4. The molecule has 8 heteroatoms. The third kappa shape index (κ3) is 6.62. The Morgan fingerprint density at radius 3 is 2.11 bits per heavy atom. The van der Waals surface area contributed by atoms with Crippen LogP contribution >= 0.6 is 0 Å². The van der Waals surface area contributed by atoms with Gasteiger partial charge < -0.3 is 20.4 Å². The molecule has 4 aliphatic rings. The van der Waals surface area contributed by atoms with E-state index in [1.54, 1.807) is 24.3 Å². The minimum Gasteiger partial charge on any atom is -0.326 e. The molecule has 3 aliphatic heterocycles. The average molecular weight is 504 g/mol. The summed E-state index contributed by atoms with van der Waals surface area (Å²) in [6.07, 6.45) is 13.6. The number of rotatable bonds is 8.